The number of hydrogen-bond donors (Lipinski definition) is 1. The maximum Gasteiger partial charge on any atom is 0.335 e. The summed E-state index contributed by atoms with van der Waals surface area (Å²) in [6, 6.07) is 11.7. The van der Waals surface area contributed by atoms with Crippen LogP contribution in [0.15, 0.2) is 42.5 Å². The number of benzene rings is 3. The molecule has 4 heterocycles. The summed E-state index contributed by atoms with van der Waals surface area (Å²) < 4.78 is 40.8. The lowest BCUT2D eigenvalue weighted by Crippen LogP contribution is -2.36. The highest BCUT2D eigenvalue weighted by Gasteiger charge is 2.35. The Labute approximate surface area is 252 Å². The van der Waals surface area contributed by atoms with E-state index >= 15 is 0 Å². The first-order valence-corrected chi connectivity index (χ1v) is 14.7. The minimum atomic E-state index is -1.03. The maximum atomic E-state index is 14.8. The Morgan fingerprint density at radius 3 is 2.79 bits per heavy atom. The standard InChI is InChI=1S/C32H31ClFN3O6/c1-17-29-18(3-6-25-31(29)43-27(16-42-25)22-5-4-20(33)13-23(22)34)7-9-36(17)15-28-35-30-24(37(28)14-21-8-10-41-21)11-19(32(38)39)12-26(30)40-2/h3-6,11-13,17,21,27H,7-10,14-16H2,1-2H3,(H,38,39)/t17?,21-,27+/m0/s1. The van der Waals surface area contributed by atoms with E-state index in [0.717, 1.165) is 36.3 Å². The van der Waals surface area contributed by atoms with E-state index in [0.29, 0.717) is 58.6 Å². The van der Waals surface area contributed by atoms with Crippen LogP contribution in [-0.4, -0.2) is 58.5 Å². The fraction of sp³-hybridized carbons (Fsp3) is 0.375. The lowest BCUT2D eigenvalue weighted by molar-refractivity contribution is -0.0592. The number of imidazole rings is 1. The summed E-state index contributed by atoms with van der Waals surface area (Å²) in [4.78, 5) is 19.2. The summed E-state index contributed by atoms with van der Waals surface area (Å²) in [5.74, 6) is 1.02. The lowest BCUT2D eigenvalue weighted by atomic mass is 9.91. The van der Waals surface area contributed by atoms with Gasteiger partial charge in [-0.25, -0.2) is 14.2 Å². The third-order valence-electron chi connectivity index (χ3n) is 8.73. The van der Waals surface area contributed by atoms with Crippen LogP contribution in [0.4, 0.5) is 4.39 Å². The third kappa shape index (κ3) is 4.97. The molecular formula is C32H31ClFN3O6. The van der Waals surface area contributed by atoms with Gasteiger partial charge >= 0.3 is 5.97 Å². The van der Waals surface area contributed by atoms with E-state index in [2.05, 4.69) is 22.5 Å². The molecule has 3 atom stereocenters. The van der Waals surface area contributed by atoms with Gasteiger partial charge < -0.3 is 28.6 Å². The first-order chi connectivity index (χ1) is 20.8. The number of ether oxygens (including phenoxy) is 4. The molecule has 0 amide bonds. The first-order valence-electron chi connectivity index (χ1n) is 14.4. The van der Waals surface area contributed by atoms with Gasteiger partial charge in [-0.2, -0.15) is 0 Å². The van der Waals surface area contributed by atoms with Crippen molar-refractivity contribution >= 4 is 28.6 Å². The molecule has 224 valence electrons. The zero-order valence-corrected chi connectivity index (χ0v) is 24.6. The van der Waals surface area contributed by atoms with Gasteiger partial charge in [-0.15, -0.1) is 0 Å². The molecule has 9 nitrogen and oxygen atoms in total. The molecule has 4 aromatic rings. The molecule has 43 heavy (non-hydrogen) atoms. The minimum Gasteiger partial charge on any atom is -0.494 e. The van der Waals surface area contributed by atoms with Crippen molar-refractivity contribution in [3.8, 4) is 17.2 Å². The van der Waals surface area contributed by atoms with Crippen molar-refractivity contribution in [2.45, 2.75) is 51.1 Å². The molecule has 3 aliphatic heterocycles. The van der Waals surface area contributed by atoms with E-state index in [1.165, 1.54) is 19.2 Å². The summed E-state index contributed by atoms with van der Waals surface area (Å²) >= 11 is 5.98. The fourth-order valence-electron chi connectivity index (χ4n) is 6.30. The van der Waals surface area contributed by atoms with E-state index in [1.807, 2.05) is 6.07 Å². The smallest absolute Gasteiger partial charge is 0.335 e. The van der Waals surface area contributed by atoms with Gasteiger partial charge in [-0.1, -0.05) is 23.7 Å². The van der Waals surface area contributed by atoms with Crippen molar-refractivity contribution in [1.82, 2.24) is 14.5 Å². The summed E-state index contributed by atoms with van der Waals surface area (Å²) in [6.45, 7) is 4.88. The van der Waals surface area contributed by atoms with Crippen LogP contribution in [0.2, 0.25) is 5.02 Å². The van der Waals surface area contributed by atoms with E-state index < -0.39 is 17.9 Å². The topological polar surface area (TPSA) is 95.3 Å². The van der Waals surface area contributed by atoms with Crippen LogP contribution in [-0.2, 0) is 24.2 Å². The van der Waals surface area contributed by atoms with Crippen molar-refractivity contribution in [3.05, 3.63) is 81.4 Å². The predicted molar refractivity (Wildman–Crippen MR) is 157 cm³/mol. The van der Waals surface area contributed by atoms with Gasteiger partial charge in [0.05, 0.1) is 37.4 Å². The van der Waals surface area contributed by atoms with Gasteiger partial charge in [0.1, 0.15) is 29.5 Å². The first kappa shape index (κ1) is 27.9. The highest BCUT2D eigenvalue weighted by atomic mass is 35.5. The molecule has 11 heteroatoms. The average molecular weight is 608 g/mol. The summed E-state index contributed by atoms with van der Waals surface area (Å²) in [7, 11) is 1.52. The zero-order chi connectivity index (χ0) is 29.8. The molecular weight excluding hydrogens is 577 g/mol. The SMILES string of the molecule is COc1cc(C(=O)O)cc2c1nc(CN1CCc3ccc4c(c3C1C)O[C@@H](c1ccc(Cl)cc1F)CO4)n2C[C@@H]1CCO1. The molecule has 0 bridgehead atoms. The maximum absolute atomic E-state index is 14.8. The fourth-order valence-corrected chi connectivity index (χ4v) is 6.46. The van der Waals surface area contributed by atoms with Gasteiger partial charge in [0, 0.05) is 35.3 Å². The van der Waals surface area contributed by atoms with Gasteiger partial charge in [0.2, 0.25) is 0 Å². The monoisotopic (exact) mass is 607 g/mol. The van der Waals surface area contributed by atoms with E-state index in [4.69, 9.17) is 35.5 Å². The number of halogens is 2. The van der Waals surface area contributed by atoms with Crippen molar-refractivity contribution in [1.29, 1.82) is 0 Å². The molecule has 1 aromatic heterocycles. The van der Waals surface area contributed by atoms with Crippen LogP contribution in [0.3, 0.4) is 0 Å². The van der Waals surface area contributed by atoms with Crippen LogP contribution in [0.1, 0.15) is 58.4 Å². The Morgan fingerprint density at radius 1 is 1.23 bits per heavy atom. The summed E-state index contributed by atoms with van der Waals surface area (Å²) in [6.07, 6.45) is 1.15. The van der Waals surface area contributed by atoms with Crippen molar-refractivity contribution in [2.24, 2.45) is 0 Å². The van der Waals surface area contributed by atoms with Crippen LogP contribution in [0.25, 0.3) is 11.0 Å². The molecule has 3 aliphatic rings. The van der Waals surface area contributed by atoms with Gasteiger partial charge in [0.25, 0.3) is 0 Å². The molecule has 3 aromatic carbocycles. The van der Waals surface area contributed by atoms with E-state index in [9.17, 15) is 14.3 Å². The molecule has 0 saturated carbocycles. The predicted octanol–water partition coefficient (Wildman–Crippen LogP) is 5.96. The van der Waals surface area contributed by atoms with Crippen molar-refractivity contribution in [3.63, 3.8) is 0 Å². The number of aromatic nitrogens is 2. The second-order valence-corrected chi connectivity index (χ2v) is 11.7. The molecule has 0 aliphatic carbocycles. The number of aromatic carboxylic acids is 1. The Balaban J connectivity index is 1.23. The second-order valence-electron chi connectivity index (χ2n) is 11.2. The molecule has 7 rings (SSSR count). The molecule has 0 spiro atoms. The van der Waals surface area contributed by atoms with Gasteiger partial charge in [-0.3, -0.25) is 4.90 Å². The van der Waals surface area contributed by atoms with Gasteiger partial charge in [-0.05, 0) is 55.7 Å². The number of carboxylic acid groups (broad SMARTS) is 1. The summed E-state index contributed by atoms with van der Waals surface area (Å²) in [5.41, 5.74) is 4.03. The molecule has 1 fully saturated rings. The second kappa shape index (κ2) is 11.0. The van der Waals surface area contributed by atoms with Crippen molar-refractivity contribution < 1.29 is 33.2 Å². The quantitative estimate of drug-likeness (QED) is 0.275. The Morgan fingerprint density at radius 2 is 2.07 bits per heavy atom. The normalized spacial score (nSPS) is 21.3. The molecule has 1 N–H and O–H groups in total. The number of nitrogens with zero attached hydrogens (tertiary/aromatic N) is 3. The number of methoxy groups -OCH3 is 1. The Hall–Kier alpha value is -3.86. The number of rotatable bonds is 7. The highest BCUT2D eigenvalue weighted by Crippen LogP contribution is 2.47. The third-order valence-corrected chi connectivity index (χ3v) is 8.97. The molecule has 0 radical (unpaired) electrons. The minimum absolute atomic E-state index is 0.0397. The number of carbonyl (C=O) groups is 1. The zero-order valence-electron chi connectivity index (χ0n) is 23.8. The Bertz CT molecular complexity index is 1740. The van der Waals surface area contributed by atoms with Crippen LogP contribution in [0.5, 0.6) is 17.2 Å². The van der Waals surface area contributed by atoms with E-state index in [-0.39, 0.29) is 24.3 Å². The molecule has 1 saturated heterocycles. The largest absolute Gasteiger partial charge is 0.494 e. The lowest BCUT2D eigenvalue weighted by Gasteiger charge is -2.38. The van der Waals surface area contributed by atoms with E-state index in [1.54, 1.807) is 18.2 Å². The average Bonchev–Trinajstić information content (AvgIpc) is 3.31. The van der Waals surface area contributed by atoms with Crippen molar-refractivity contribution in [2.75, 3.05) is 26.9 Å². The Kier molecular flexibility index (Phi) is 7.15. The number of carboxylic acids is 1. The van der Waals surface area contributed by atoms with Crippen LogP contribution in [0, 0.1) is 5.82 Å². The van der Waals surface area contributed by atoms with Crippen LogP contribution >= 0.6 is 11.6 Å². The van der Waals surface area contributed by atoms with Gasteiger partial charge in [0.15, 0.2) is 17.6 Å². The highest BCUT2D eigenvalue weighted by molar-refractivity contribution is 6.30. The molecule has 1 unspecified atom stereocenters. The summed E-state index contributed by atoms with van der Waals surface area (Å²) in [5, 5.41) is 10.1. The van der Waals surface area contributed by atoms with Crippen LogP contribution < -0.4 is 14.2 Å². The number of fused-ring (bicyclic) bond motifs is 4. The number of hydrogen-bond acceptors (Lipinski definition) is 7.